The first-order valence-corrected chi connectivity index (χ1v) is 6.30. The fourth-order valence-corrected chi connectivity index (χ4v) is 2.20. The minimum atomic E-state index is -1.01. The van der Waals surface area contributed by atoms with Crippen LogP contribution in [0.2, 0.25) is 0 Å². The minimum Gasteiger partial charge on any atom is -0.384 e. The molecule has 0 saturated heterocycles. The van der Waals surface area contributed by atoms with Crippen LogP contribution in [-0.4, -0.2) is 15.1 Å². The highest BCUT2D eigenvalue weighted by Crippen LogP contribution is 2.26. The van der Waals surface area contributed by atoms with Crippen LogP contribution in [0.1, 0.15) is 22.9 Å². The Bertz CT molecular complexity index is 773. The van der Waals surface area contributed by atoms with Crippen LogP contribution < -0.4 is 0 Å². The van der Waals surface area contributed by atoms with E-state index in [1.54, 1.807) is 6.07 Å². The summed E-state index contributed by atoms with van der Waals surface area (Å²) in [7, 11) is 0. The second kappa shape index (κ2) is 4.98. The average Bonchev–Trinajstić information content (AvgIpc) is 2.46. The topological polar surface area (TPSA) is 46.0 Å². The van der Waals surface area contributed by atoms with E-state index in [2.05, 4.69) is 9.97 Å². The Hall–Kier alpha value is -2.33. The maximum Gasteiger partial charge on any atom is 0.147 e. The lowest BCUT2D eigenvalue weighted by molar-refractivity contribution is 0.215. The Kier molecular flexibility index (Phi) is 3.16. The first-order valence-electron chi connectivity index (χ1n) is 6.30. The monoisotopic (exact) mass is 268 g/mol. The summed E-state index contributed by atoms with van der Waals surface area (Å²) in [5.74, 6) is -0.512. The molecule has 2 heterocycles. The van der Waals surface area contributed by atoms with Crippen LogP contribution in [0.5, 0.6) is 0 Å². The molecule has 3 nitrogen and oxygen atoms in total. The molecule has 0 saturated carbocycles. The number of benzene rings is 1. The van der Waals surface area contributed by atoms with Gasteiger partial charge in [0.15, 0.2) is 0 Å². The second-order valence-electron chi connectivity index (χ2n) is 4.70. The van der Waals surface area contributed by atoms with Gasteiger partial charge in [0.25, 0.3) is 0 Å². The van der Waals surface area contributed by atoms with Gasteiger partial charge >= 0.3 is 0 Å². The molecule has 0 aliphatic heterocycles. The molecule has 20 heavy (non-hydrogen) atoms. The van der Waals surface area contributed by atoms with E-state index in [0.29, 0.717) is 5.56 Å². The van der Waals surface area contributed by atoms with Gasteiger partial charge < -0.3 is 5.11 Å². The molecular formula is C16H13FN2O. The van der Waals surface area contributed by atoms with Crippen molar-refractivity contribution >= 4 is 10.9 Å². The largest absolute Gasteiger partial charge is 0.384 e. The molecular weight excluding hydrogens is 255 g/mol. The molecule has 1 N–H and O–H groups in total. The number of nitrogens with zero attached hydrogens (tertiary/aromatic N) is 2. The van der Waals surface area contributed by atoms with Crippen molar-refractivity contribution in [2.45, 2.75) is 13.0 Å². The van der Waals surface area contributed by atoms with Crippen molar-refractivity contribution in [1.29, 1.82) is 0 Å². The van der Waals surface area contributed by atoms with Crippen LogP contribution in [-0.2, 0) is 0 Å². The number of pyridine rings is 2. The van der Waals surface area contributed by atoms with Gasteiger partial charge in [-0.3, -0.25) is 9.97 Å². The Morgan fingerprint density at radius 1 is 1.15 bits per heavy atom. The first kappa shape index (κ1) is 12.7. The van der Waals surface area contributed by atoms with E-state index in [-0.39, 0.29) is 5.56 Å². The highest BCUT2D eigenvalue weighted by molar-refractivity contribution is 5.79. The standard InChI is InChI=1S/C16H13FN2O/c1-10-2-3-11-8-12(4-5-15(11)19-10)16(20)13-6-7-18-9-14(13)17/h2-9,16,20H,1H3. The maximum absolute atomic E-state index is 13.7. The summed E-state index contributed by atoms with van der Waals surface area (Å²) in [5, 5.41) is 11.2. The molecule has 1 unspecified atom stereocenters. The van der Waals surface area contributed by atoms with Gasteiger partial charge in [0, 0.05) is 22.8 Å². The van der Waals surface area contributed by atoms with Gasteiger partial charge in [-0.1, -0.05) is 12.1 Å². The summed E-state index contributed by atoms with van der Waals surface area (Å²) < 4.78 is 13.7. The maximum atomic E-state index is 13.7. The molecule has 3 aromatic rings. The number of hydrogen-bond acceptors (Lipinski definition) is 3. The van der Waals surface area contributed by atoms with E-state index in [1.165, 1.54) is 12.3 Å². The van der Waals surface area contributed by atoms with Gasteiger partial charge in [-0.15, -0.1) is 0 Å². The van der Waals surface area contributed by atoms with Crippen LogP contribution in [0.25, 0.3) is 10.9 Å². The van der Waals surface area contributed by atoms with Crippen LogP contribution in [0.15, 0.2) is 48.8 Å². The molecule has 1 atom stereocenters. The van der Waals surface area contributed by atoms with Crippen molar-refractivity contribution in [3.63, 3.8) is 0 Å². The van der Waals surface area contributed by atoms with Gasteiger partial charge in [-0.25, -0.2) is 4.39 Å². The molecule has 0 radical (unpaired) electrons. The normalized spacial score (nSPS) is 12.6. The predicted octanol–water partition coefficient (Wildman–Crippen LogP) is 3.16. The zero-order chi connectivity index (χ0) is 14.1. The van der Waals surface area contributed by atoms with E-state index in [4.69, 9.17) is 0 Å². The Balaban J connectivity index is 2.06. The first-order chi connectivity index (χ1) is 9.65. The van der Waals surface area contributed by atoms with E-state index < -0.39 is 11.9 Å². The molecule has 0 fully saturated rings. The third-order valence-corrected chi connectivity index (χ3v) is 3.27. The van der Waals surface area contributed by atoms with Gasteiger partial charge in [0.05, 0.1) is 11.7 Å². The molecule has 3 rings (SSSR count). The number of aliphatic hydroxyl groups excluding tert-OH is 1. The fourth-order valence-electron chi connectivity index (χ4n) is 2.20. The highest BCUT2D eigenvalue weighted by Gasteiger charge is 2.15. The van der Waals surface area contributed by atoms with Crippen molar-refractivity contribution < 1.29 is 9.50 Å². The lowest BCUT2D eigenvalue weighted by Crippen LogP contribution is -2.03. The summed E-state index contributed by atoms with van der Waals surface area (Å²) in [6.07, 6.45) is 1.56. The molecule has 0 aliphatic carbocycles. The van der Waals surface area contributed by atoms with Gasteiger partial charge in [0.2, 0.25) is 0 Å². The summed E-state index contributed by atoms with van der Waals surface area (Å²) in [5.41, 5.74) is 2.65. The summed E-state index contributed by atoms with van der Waals surface area (Å²) >= 11 is 0. The summed E-state index contributed by atoms with van der Waals surface area (Å²) in [4.78, 5) is 8.09. The number of aliphatic hydroxyl groups is 1. The Labute approximate surface area is 115 Å². The smallest absolute Gasteiger partial charge is 0.147 e. The van der Waals surface area contributed by atoms with E-state index in [1.807, 2.05) is 31.2 Å². The van der Waals surface area contributed by atoms with E-state index in [9.17, 15) is 9.50 Å². The number of fused-ring (bicyclic) bond motifs is 1. The molecule has 0 aliphatic rings. The molecule has 2 aromatic heterocycles. The van der Waals surface area contributed by atoms with Crippen LogP contribution in [0.3, 0.4) is 0 Å². The number of halogens is 1. The fraction of sp³-hybridized carbons (Fsp3) is 0.125. The van der Waals surface area contributed by atoms with Crippen LogP contribution in [0, 0.1) is 12.7 Å². The Morgan fingerprint density at radius 3 is 2.80 bits per heavy atom. The summed E-state index contributed by atoms with van der Waals surface area (Å²) in [6, 6.07) is 10.8. The lowest BCUT2D eigenvalue weighted by atomic mass is 10.0. The van der Waals surface area contributed by atoms with Crippen molar-refractivity contribution in [3.8, 4) is 0 Å². The van der Waals surface area contributed by atoms with Crippen molar-refractivity contribution in [2.24, 2.45) is 0 Å². The lowest BCUT2D eigenvalue weighted by Gasteiger charge is -2.12. The third kappa shape index (κ3) is 2.26. The van der Waals surface area contributed by atoms with Crippen LogP contribution >= 0.6 is 0 Å². The van der Waals surface area contributed by atoms with E-state index >= 15 is 0 Å². The molecule has 4 heteroatoms. The van der Waals surface area contributed by atoms with Crippen molar-refractivity contribution in [2.75, 3.05) is 0 Å². The van der Waals surface area contributed by atoms with Crippen molar-refractivity contribution in [1.82, 2.24) is 9.97 Å². The minimum absolute atomic E-state index is 0.222. The molecule has 1 aromatic carbocycles. The zero-order valence-corrected chi connectivity index (χ0v) is 10.9. The van der Waals surface area contributed by atoms with Gasteiger partial charge in [0.1, 0.15) is 11.9 Å². The van der Waals surface area contributed by atoms with Gasteiger partial charge in [-0.2, -0.15) is 0 Å². The van der Waals surface area contributed by atoms with E-state index in [0.717, 1.165) is 22.8 Å². The number of aryl methyl sites for hydroxylation is 1. The van der Waals surface area contributed by atoms with Gasteiger partial charge in [-0.05, 0) is 36.8 Å². The molecule has 100 valence electrons. The predicted molar refractivity (Wildman–Crippen MR) is 74.7 cm³/mol. The Morgan fingerprint density at radius 2 is 2.00 bits per heavy atom. The highest BCUT2D eigenvalue weighted by atomic mass is 19.1. The van der Waals surface area contributed by atoms with Crippen molar-refractivity contribution in [3.05, 3.63) is 71.4 Å². The molecule has 0 spiro atoms. The summed E-state index contributed by atoms with van der Waals surface area (Å²) in [6.45, 7) is 1.93. The number of hydrogen-bond donors (Lipinski definition) is 1. The average molecular weight is 268 g/mol. The third-order valence-electron chi connectivity index (χ3n) is 3.27. The second-order valence-corrected chi connectivity index (χ2v) is 4.70. The SMILES string of the molecule is Cc1ccc2cc(C(O)c3ccncc3F)ccc2n1. The quantitative estimate of drug-likeness (QED) is 0.776. The van der Waals surface area contributed by atoms with Crippen LogP contribution in [0.4, 0.5) is 4.39 Å². The zero-order valence-electron chi connectivity index (χ0n) is 10.9. The molecule has 0 bridgehead atoms. The molecule has 0 amide bonds. The number of aromatic nitrogens is 2. The number of rotatable bonds is 2.